The number of carbonyl (C=O) groups excluding carboxylic acids is 1. The Morgan fingerprint density at radius 2 is 2.17 bits per heavy atom. The standard InChI is InChI=1S/C12H12BrF3N6O/c1-7-9(13)10(20-21(7)2)11(23)18-17-5-8-3-4-22(19-8)6-12(14,15)16/h3-5H,6H2,1-2H3,(H,18,23). The van der Waals surface area contributed by atoms with E-state index in [4.69, 9.17) is 0 Å². The molecule has 11 heteroatoms. The van der Waals surface area contributed by atoms with Crippen LogP contribution in [0.5, 0.6) is 0 Å². The Balaban J connectivity index is 1.99. The van der Waals surface area contributed by atoms with Gasteiger partial charge in [0.15, 0.2) is 5.69 Å². The molecule has 0 unspecified atom stereocenters. The second kappa shape index (κ2) is 6.52. The number of nitrogens with zero attached hydrogens (tertiary/aromatic N) is 5. The van der Waals surface area contributed by atoms with Crippen LogP contribution in [0.15, 0.2) is 21.8 Å². The average Bonchev–Trinajstić information content (AvgIpc) is 2.97. The number of hydrogen-bond acceptors (Lipinski definition) is 4. The van der Waals surface area contributed by atoms with E-state index < -0.39 is 18.6 Å². The molecule has 1 N–H and O–H groups in total. The lowest BCUT2D eigenvalue weighted by molar-refractivity contribution is -0.142. The van der Waals surface area contributed by atoms with Gasteiger partial charge in [0.25, 0.3) is 5.91 Å². The van der Waals surface area contributed by atoms with Crippen molar-refractivity contribution in [2.75, 3.05) is 0 Å². The van der Waals surface area contributed by atoms with Gasteiger partial charge in [-0.3, -0.25) is 14.2 Å². The van der Waals surface area contributed by atoms with Crippen molar-refractivity contribution < 1.29 is 18.0 Å². The van der Waals surface area contributed by atoms with E-state index in [0.29, 0.717) is 4.47 Å². The first-order valence-electron chi connectivity index (χ1n) is 6.30. The van der Waals surface area contributed by atoms with Gasteiger partial charge in [-0.15, -0.1) is 0 Å². The van der Waals surface area contributed by atoms with Crippen molar-refractivity contribution in [1.29, 1.82) is 0 Å². The van der Waals surface area contributed by atoms with Crippen molar-refractivity contribution in [1.82, 2.24) is 25.0 Å². The number of carbonyl (C=O) groups is 1. The molecule has 0 saturated heterocycles. The first-order valence-corrected chi connectivity index (χ1v) is 7.09. The number of nitrogens with one attached hydrogen (secondary N) is 1. The fourth-order valence-electron chi connectivity index (χ4n) is 1.66. The van der Waals surface area contributed by atoms with Gasteiger partial charge in [0, 0.05) is 13.2 Å². The molecule has 0 aromatic carbocycles. The summed E-state index contributed by atoms with van der Waals surface area (Å²) in [6.07, 6.45) is -2.03. The van der Waals surface area contributed by atoms with Crippen LogP contribution < -0.4 is 5.43 Å². The number of hydrazone groups is 1. The fraction of sp³-hybridized carbons (Fsp3) is 0.333. The normalized spacial score (nSPS) is 12.1. The van der Waals surface area contributed by atoms with E-state index in [1.165, 1.54) is 16.9 Å². The summed E-state index contributed by atoms with van der Waals surface area (Å²) in [5.41, 5.74) is 3.35. The molecule has 0 bridgehead atoms. The third-order valence-electron chi connectivity index (χ3n) is 2.84. The van der Waals surface area contributed by atoms with Crippen molar-refractivity contribution >= 4 is 28.1 Å². The van der Waals surface area contributed by atoms with E-state index in [1.54, 1.807) is 14.0 Å². The summed E-state index contributed by atoms with van der Waals surface area (Å²) in [4.78, 5) is 11.9. The molecule has 0 aliphatic heterocycles. The summed E-state index contributed by atoms with van der Waals surface area (Å²) in [7, 11) is 1.69. The highest BCUT2D eigenvalue weighted by Crippen LogP contribution is 2.19. The largest absolute Gasteiger partial charge is 0.408 e. The predicted octanol–water partition coefficient (Wildman–Crippen LogP) is 2.01. The van der Waals surface area contributed by atoms with Gasteiger partial charge in [-0.25, -0.2) is 5.43 Å². The second-order valence-corrected chi connectivity index (χ2v) is 5.42. The van der Waals surface area contributed by atoms with Gasteiger partial charge >= 0.3 is 6.18 Å². The van der Waals surface area contributed by atoms with Gasteiger partial charge in [0.1, 0.15) is 12.2 Å². The number of hydrogen-bond donors (Lipinski definition) is 1. The second-order valence-electron chi connectivity index (χ2n) is 4.62. The molecule has 7 nitrogen and oxygen atoms in total. The topological polar surface area (TPSA) is 77.1 Å². The molecule has 0 aliphatic rings. The molecule has 0 aliphatic carbocycles. The molecule has 0 radical (unpaired) electrons. The van der Waals surface area contributed by atoms with Crippen LogP contribution >= 0.6 is 15.9 Å². The van der Waals surface area contributed by atoms with Gasteiger partial charge in [0.2, 0.25) is 0 Å². The van der Waals surface area contributed by atoms with Crippen molar-refractivity contribution in [2.45, 2.75) is 19.6 Å². The summed E-state index contributed by atoms with van der Waals surface area (Å²) in [5.74, 6) is -0.549. The van der Waals surface area contributed by atoms with Crippen molar-refractivity contribution in [3.05, 3.63) is 33.8 Å². The zero-order valence-electron chi connectivity index (χ0n) is 12.1. The zero-order chi connectivity index (χ0) is 17.2. The first kappa shape index (κ1) is 17.2. The highest BCUT2D eigenvalue weighted by Gasteiger charge is 2.28. The SMILES string of the molecule is Cc1c(Br)c(C(=O)NN=Cc2ccn(CC(F)(F)F)n2)nn1C. The van der Waals surface area contributed by atoms with E-state index in [0.717, 1.165) is 16.6 Å². The van der Waals surface area contributed by atoms with E-state index in [-0.39, 0.29) is 11.4 Å². The maximum absolute atomic E-state index is 12.2. The van der Waals surface area contributed by atoms with E-state index >= 15 is 0 Å². The Kier molecular flexibility index (Phi) is 4.88. The summed E-state index contributed by atoms with van der Waals surface area (Å²) in [5, 5.41) is 11.3. The monoisotopic (exact) mass is 392 g/mol. The molecule has 0 spiro atoms. The van der Waals surface area contributed by atoms with Crippen LogP contribution in [0.25, 0.3) is 0 Å². The van der Waals surface area contributed by atoms with Crippen LogP contribution in [0.2, 0.25) is 0 Å². The third-order valence-corrected chi connectivity index (χ3v) is 3.79. The third kappa shape index (κ3) is 4.41. The van der Waals surface area contributed by atoms with Crippen molar-refractivity contribution in [2.24, 2.45) is 12.1 Å². The van der Waals surface area contributed by atoms with Gasteiger partial charge in [-0.05, 0) is 28.9 Å². The number of halogens is 4. The number of aryl methyl sites for hydroxylation is 1. The number of amides is 1. The highest BCUT2D eigenvalue weighted by molar-refractivity contribution is 9.10. The Hall–Kier alpha value is -2.17. The molecule has 0 atom stereocenters. The number of alkyl halides is 3. The lowest BCUT2D eigenvalue weighted by Gasteiger charge is -2.04. The summed E-state index contributed by atoms with van der Waals surface area (Å²) < 4.78 is 39.4. The van der Waals surface area contributed by atoms with E-state index in [2.05, 4.69) is 36.7 Å². The highest BCUT2D eigenvalue weighted by atomic mass is 79.9. The van der Waals surface area contributed by atoms with Gasteiger partial charge < -0.3 is 0 Å². The van der Waals surface area contributed by atoms with Gasteiger partial charge in [-0.2, -0.15) is 28.5 Å². The smallest absolute Gasteiger partial charge is 0.271 e. The van der Waals surface area contributed by atoms with Crippen LogP contribution in [-0.2, 0) is 13.6 Å². The Bertz CT molecular complexity index is 749. The van der Waals surface area contributed by atoms with Crippen LogP contribution in [0.3, 0.4) is 0 Å². The number of aromatic nitrogens is 4. The Morgan fingerprint density at radius 3 is 2.74 bits per heavy atom. The minimum atomic E-state index is -4.35. The molecule has 2 aromatic rings. The van der Waals surface area contributed by atoms with Crippen molar-refractivity contribution in [3.63, 3.8) is 0 Å². The fourth-order valence-corrected chi connectivity index (χ4v) is 2.17. The van der Waals surface area contributed by atoms with Crippen LogP contribution in [0.1, 0.15) is 21.9 Å². The van der Waals surface area contributed by atoms with E-state index in [9.17, 15) is 18.0 Å². The Morgan fingerprint density at radius 1 is 1.48 bits per heavy atom. The maximum Gasteiger partial charge on any atom is 0.408 e. The van der Waals surface area contributed by atoms with Crippen LogP contribution in [0, 0.1) is 6.92 Å². The first-order chi connectivity index (χ1) is 10.7. The minimum Gasteiger partial charge on any atom is -0.271 e. The predicted molar refractivity (Wildman–Crippen MR) is 79.0 cm³/mol. The minimum absolute atomic E-state index is 0.157. The average molecular weight is 393 g/mol. The molecular weight excluding hydrogens is 381 g/mol. The quantitative estimate of drug-likeness (QED) is 0.638. The molecule has 0 saturated carbocycles. The summed E-state index contributed by atoms with van der Waals surface area (Å²) in [6.45, 7) is 0.595. The van der Waals surface area contributed by atoms with Gasteiger partial charge in [-0.1, -0.05) is 0 Å². The molecule has 2 heterocycles. The molecule has 1 amide bonds. The Labute approximate surface area is 137 Å². The van der Waals surface area contributed by atoms with Crippen LogP contribution in [-0.4, -0.2) is 37.9 Å². The summed E-state index contributed by atoms with van der Waals surface area (Å²) >= 11 is 3.25. The molecule has 2 aromatic heterocycles. The zero-order valence-corrected chi connectivity index (χ0v) is 13.7. The molecule has 23 heavy (non-hydrogen) atoms. The van der Waals surface area contributed by atoms with Gasteiger partial charge in [0.05, 0.1) is 16.4 Å². The molecule has 2 rings (SSSR count). The summed E-state index contributed by atoms with van der Waals surface area (Å²) in [6, 6.07) is 1.35. The van der Waals surface area contributed by atoms with Crippen molar-refractivity contribution in [3.8, 4) is 0 Å². The molecule has 0 fully saturated rings. The lowest BCUT2D eigenvalue weighted by Crippen LogP contribution is -2.19. The molecule has 124 valence electrons. The lowest BCUT2D eigenvalue weighted by atomic mass is 10.3. The number of rotatable bonds is 4. The molecular formula is C12H12BrF3N6O. The maximum atomic E-state index is 12.2. The van der Waals surface area contributed by atoms with Crippen LogP contribution in [0.4, 0.5) is 13.2 Å². The van der Waals surface area contributed by atoms with E-state index in [1.807, 2.05) is 0 Å².